The first-order valence-corrected chi connectivity index (χ1v) is 7.75. The van der Waals surface area contributed by atoms with Crippen LogP contribution in [-0.2, 0) is 0 Å². The van der Waals surface area contributed by atoms with Crippen molar-refractivity contribution in [3.8, 4) is 5.75 Å². The molecule has 0 aromatic heterocycles. The van der Waals surface area contributed by atoms with Crippen LogP contribution in [0.15, 0.2) is 40.9 Å². The van der Waals surface area contributed by atoms with E-state index in [9.17, 15) is 4.39 Å². The minimum atomic E-state index is -0.283. The summed E-state index contributed by atoms with van der Waals surface area (Å²) in [5.74, 6) is 0.425. The average Bonchev–Trinajstić information content (AvgIpc) is 2.48. The Morgan fingerprint density at radius 2 is 2.05 bits per heavy atom. The van der Waals surface area contributed by atoms with E-state index in [1.165, 1.54) is 6.07 Å². The van der Waals surface area contributed by atoms with Crippen molar-refractivity contribution in [2.75, 3.05) is 13.7 Å². The molecule has 1 N–H and O–H groups in total. The van der Waals surface area contributed by atoms with E-state index in [-0.39, 0.29) is 11.9 Å². The molecule has 0 bridgehead atoms. The summed E-state index contributed by atoms with van der Waals surface area (Å²) in [6.45, 7) is 2.78. The van der Waals surface area contributed by atoms with Gasteiger partial charge in [-0.05, 0) is 57.9 Å². The molecule has 0 aliphatic rings. The highest BCUT2D eigenvalue weighted by atomic mass is 79.9. The summed E-state index contributed by atoms with van der Waals surface area (Å²) in [6, 6.07) is 10.4. The molecule has 0 amide bonds. The Labute approximate surface area is 137 Å². The highest BCUT2D eigenvalue weighted by molar-refractivity contribution is 9.10. The quantitative estimate of drug-likeness (QED) is 0.802. The van der Waals surface area contributed by atoms with Gasteiger partial charge in [0.1, 0.15) is 11.6 Å². The standard InChI is InChI=1S/C16H16BrClFNO/c1-3-20-16(10-4-7-15(19)13(17)8-10)12-6-5-11(21-2)9-14(12)18/h4-9,16,20H,3H2,1-2H3. The fourth-order valence-electron chi connectivity index (χ4n) is 2.17. The van der Waals surface area contributed by atoms with E-state index < -0.39 is 0 Å². The molecule has 112 valence electrons. The van der Waals surface area contributed by atoms with Gasteiger partial charge in [0, 0.05) is 5.02 Å². The molecular formula is C16H16BrClFNO. The maximum Gasteiger partial charge on any atom is 0.137 e. The number of halogens is 3. The second-order valence-electron chi connectivity index (χ2n) is 4.55. The molecule has 0 spiro atoms. The summed E-state index contributed by atoms with van der Waals surface area (Å²) in [5, 5.41) is 3.98. The zero-order valence-electron chi connectivity index (χ0n) is 11.8. The number of benzene rings is 2. The highest BCUT2D eigenvalue weighted by Crippen LogP contribution is 2.32. The van der Waals surface area contributed by atoms with Gasteiger partial charge < -0.3 is 10.1 Å². The van der Waals surface area contributed by atoms with Gasteiger partial charge in [0.15, 0.2) is 0 Å². The molecule has 1 unspecified atom stereocenters. The summed E-state index contributed by atoms with van der Waals surface area (Å²) in [6.07, 6.45) is 0. The molecule has 0 radical (unpaired) electrons. The van der Waals surface area contributed by atoms with Crippen molar-refractivity contribution in [3.63, 3.8) is 0 Å². The van der Waals surface area contributed by atoms with Crippen LogP contribution in [0, 0.1) is 5.82 Å². The molecule has 0 heterocycles. The Kier molecular flexibility index (Phi) is 5.62. The fraction of sp³-hybridized carbons (Fsp3) is 0.250. The van der Waals surface area contributed by atoms with Gasteiger partial charge in [-0.15, -0.1) is 0 Å². The molecular weight excluding hydrogens is 357 g/mol. The molecule has 2 aromatic rings. The summed E-state index contributed by atoms with van der Waals surface area (Å²) >= 11 is 9.58. The predicted octanol–water partition coefficient (Wildman–Crippen LogP) is 4.95. The third-order valence-electron chi connectivity index (χ3n) is 3.20. The lowest BCUT2D eigenvalue weighted by Gasteiger charge is -2.21. The molecule has 2 nitrogen and oxygen atoms in total. The fourth-order valence-corrected chi connectivity index (χ4v) is 2.85. The third kappa shape index (κ3) is 3.76. The van der Waals surface area contributed by atoms with Crippen molar-refractivity contribution < 1.29 is 9.13 Å². The SMILES string of the molecule is CCNC(c1ccc(F)c(Br)c1)c1ccc(OC)cc1Cl. The average molecular weight is 373 g/mol. The molecule has 5 heteroatoms. The molecule has 0 fully saturated rings. The van der Waals surface area contributed by atoms with Crippen molar-refractivity contribution in [3.05, 3.63) is 62.8 Å². The van der Waals surface area contributed by atoms with Crippen molar-refractivity contribution in [1.82, 2.24) is 5.32 Å². The van der Waals surface area contributed by atoms with Crippen molar-refractivity contribution in [2.45, 2.75) is 13.0 Å². The summed E-state index contributed by atoms with van der Waals surface area (Å²) in [5.41, 5.74) is 1.87. The highest BCUT2D eigenvalue weighted by Gasteiger charge is 2.17. The molecule has 2 rings (SSSR count). The van der Waals surface area contributed by atoms with E-state index in [1.54, 1.807) is 25.3 Å². The van der Waals surface area contributed by atoms with Crippen LogP contribution in [0.2, 0.25) is 5.02 Å². The van der Waals surface area contributed by atoms with Gasteiger partial charge in [-0.3, -0.25) is 0 Å². The number of hydrogen-bond donors (Lipinski definition) is 1. The predicted molar refractivity (Wildman–Crippen MR) is 87.6 cm³/mol. The molecule has 21 heavy (non-hydrogen) atoms. The van der Waals surface area contributed by atoms with Crippen molar-refractivity contribution >= 4 is 27.5 Å². The van der Waals surface area contributed by atoms with E-state index in [4.69, 9.17) is 16.3 Å². The molecule has 0 aliphatic carbocycles. The number of rotatable bonds is 5. The van der Waals surface area contributed by atoms with Crippen LogP contribution in [0.3, 0.4) is 0 Å². The van der Waals surface area contributed by atoms with Gasteiger partial charge >= 0.3 is 0 Å². The van der Waals surface area contributed by atoms with E-state index in [0.29, 0.717) is 15.2 Å². The Bertz CT molecular complexity index is 636. The first-order valence-electron chi connectivity index (χ1n) is 6.58. The van der Waals surface area contributed by atoms with E-state index in [1.807, 2.05) is 19.1 Å². The van der Waals surface area contributed by atoms with Crippen LogP contribution in [0.4, 0.5) is 4.39 Å². The van der Waals surface area contributed by atoms with Crippen LogP contribution in [0.5, 0.6) is 5.75 Å². The summed E-state index contributed by atoms with van der Waals surface area (Å²) < 4.78 is 19.0. The zero-order chi connectivity index (χ0) is 15.4. The zero-order valence-corrected chi connectivity index (χ0v) is 14.1. The van der Waals surface area contributed by atoms with Gasteiger partial charge in [0.05, 0.1) is 17.6 Å². The Morgan fingerprint density at radius 1 is 1.29 bits per heavy atom. The molecule has 0 aliphatic heterocycles. The Morgan fingerprint density at radius 3 is 2.62 bits per heavy atom. The van der Waals surface area contributed by atoms with Gasteiger partial charge in [-0.1, -0.05) is 30.7 Å². The third-order valence-corrected chi connectivity index (χ3v) is 4.14. The maximum atomic E-state index is 13.4. The lowest BCUT2D eigenvalue weighted by atomic mass is 9.98. The minimum absolute atomic E-state index is 0.106. The van der Waals surface area contributed by atoms with Crippen molar-refractivity contribution in [2.24, 2.45) is 0 Å². The number of hydrogen-bond acceptors (Lipinski definition) is 2. The largest absolute Gasteiger partial charge is 0.497 e. The van der Waals surface area contributed by atoms with Gasteiger partial charge in [-0.25, -0.2) is 4.39 Å². The number of nitrogens with one attached hydrogen (secondary N) is 1. The maximum absolute atomic E-state index is 13.4. The summed E-state index contributed by atoms with van der Waals surface area (Å²) in [7, 11) is 1.60. The van der Waals surface area contributed by atoms with Crippen LogP contribution in [0.1, 0.15) is 24.1 Å². The lowest BCUT2D eigenvalue weighted by Crippen LogP contribution is -2.22. The second-order valence-corrected chi connectivity index (χ2v) is 5.81. The van der Waals surface area contributed by atoms with E-state index in [2.05, 4.69) is 21.2 Å². The number of methoxy groups -OCH3 is 1. The van der Waals surface area contributed by atoms with Crippen LogP contribution in [0.25, 0.3) is 0 Å². The normalized spacial score (nSPS) is 12.2. The second kappa shape index (κ2) is 7.25. The van der Waals surface area contributed by atoms with Crippen LogP contribution < -0.4 is 10.1 Å². The van der Waals surface area contributed by atoms with Crippen molar-refractivity contribution in [1.29, 1.82) is 0 Å². The smallest absolute Gasteiger partial charge is 0.137 e. The molecule has 2 aromatic carbocycles. The lowest BCUT2D eigenvalue weighted by molar-refractivity contribution is 0.414. The monoisotopic (exact) mass is 371 g/mol. The first kappa shape index (κ1) is 16.3. The van der Waals surface area contributed by atoms with Gasteiger partial charge in [-0.2, -0.15) is 0 Å². The van der Waals surface area contributed by atoms with E-state index >= 15 is 0 Å². The van der Waals surface area contributed by atoms with Crippen LogP contribution in [-0.4, -0.2) is 13.7 Å². The minimum Gasteiger partial charge on any atom is -0.497 e. The summed E-state index contributed by atoms with van der Waals surface area (Å²) in [4.78, 5) is 0. The Hall–Kier alpha value is -1.10. The van der Waals surface area contributed by atoms with Gasteiger partial charge in [0.2, 0.25) is 0 Å². The first-order chi connectivity index (χ1) is 10.1. The topological polar surface area (TPSA) is 21.3 Å². The molecule has 1 atom stereocenters. The molecule has 0 saturated heterocycles. The van der Waals surface area contributed by atoms with Crippen LogP contribution >= 0.6 is 27.5 Å². The molecule has 0 saturated carbocycles. The van der Waals surface area contributed by atoms with Gasteiger partial charge in [0.25, 0.3) is 0 Å². The number of ether oxygens (including phenoxy) is 1. The van der Waals surface area contributed by atoms with E-state index in [0.717, 1.165) is 17.7 Å². The Balaban J connectivity index is 2.45.